The number of H-pyrrole nitrogens is 1. The van der Waals surface area contributed by atoms with E-state index in [0.717, 1.165) is 27.7 Å². The van der Waals surface area contributed by atoms with E-state index in [1.54, 1.807) is 25.4 Å². The van der Waals surface area contributed by atoms with Crippen LogP contribution >= 0.6 is 0 Å². The fourth-order valence-electron chi connectivity index (χ4n) is 2.72. The average molecular weight is 352 g/mol. The van der Waals surface area contributed by atoms with Crippen LogP contribution in [0.2, 0.25) is 0 Å². The number of aliphatic carboxylic acids is 1. The zero-order chi connectivity index (χ0) is 18.7. The van der Waals surface area contributed by atoms with Gasteiger partial charge in [0.2, 0.25) is 0 Å². The number of hydrogen-bond acceptors (Lipinski definition) is 3. The Bertz CT molecular complexity index is 944. The second kappa shape index (κ2) is 7.31. The minimum atomic E-state index is -0.830. The number of rotatable bonds is 5. The SMILES string of the molecule is Cc1ccc(N(C)C(=O)Oc2ccc3c(CCC(=O)O)c[nH]c3c2)cc1. The molecule has 6 nitrogen and oxygen atoms in total. The molecule has 1 amide bonds. The van der Waals surface area contributed by atoms with Crippen molar-refractivity contribution < 1.29 is 19.4 Å². The van der Waals surface area contributed by atoms with E-state index in [2.05, 4.69) is 4.98 Å². The van der Waals surface area contributed by atoms with Gasteiger partial charge in [0.15, 0.2) is 0 Å². The van der Waals surface area contributed by atoms with Gasteiger partial charge in [-0.05, 0) is 43.2 Å². The molecule has 0 bridgehead atoms. The lowest BCUT2D eigenvalue weighted by Crippen LogP contribution is -2.29. The van der Waals surface area contributed by atoms with Crippen molar-refractivity contribution in [1.82, 2.24) is 4.98 Å². The first-order valence-electron chi connectivity index (χ1n) is 8.28. The Hall–Kier alpha value is -3.28. The van der Waals surface area contributed by atoms with Crippen molar-refractivity contribution in [3.05, 3.63) is 59.8 Å². The van der Waals surface area contributed by atoms with Gasteiger partial charge in [0, 0.05) is 42.3 Å². The number of nitrogens with one attached hydrogen (secondary N) is 1. The number of aromatic nitrogens is 1. The summed E-state index contributed by atoms with van der Waals surface area (Å²) in [5.41, 5.74) is 3.59. The minimum absolute atomic E-state index is 0.0744. The van der Waals surface area contributed by atoms with Crippen LogP contribution in [-0.2, 0) is 11.2 Å². The lowest BCUT2D eigenvalue weighted by Gasteiger charge is -2.17. The molecule has 0 spiro atoms. The first-order valence-corrected chi connectivity index (χ1v) is 8.28. The molecule has 0 aliphatic heterocycles. The van der Waals surface area contributed by atoms with Crippen molar-refractivity contribution in [2.24, 2.45) is 0 Å². The number of carbonyl (C=O) groups excluding carboxylic acids is 1. The fourth-order valence-corrected chi connectivity index (χ4v) is 2.72. The standard InChI is InChI=1S/C20H20N2O4/c1-13-3-6-15(7-4-13)22(2)20(25)26-16-8-9-17-14(5-10-19(23)24)12-21-18(17)11-16/h3-4,6-9,11-12,21H,5,10H2,1-2H3,(H,23,24). The first-order chi connectivity index (χ1) is 12.4. The summed E-state index contributed by atoms with van der Waals surface area (Å²) in [4.78, 5) is 27.6. The predicted octanol–water partition coefficient (Wildman–Crippen LogP) is 4.13. The van der Waals surface area contributed by atoms with Crippen molar-refractivity contribution in [2.45, 2.75) is 19.8 Å². The molecule has 1 heterocycles. The Kier molecular flexibility index (Phi) is 4.93. The Morgan fingerprint density at radius 1 is 1.15 bits per heavy atom. The number of carboxylic acid groups (broad SMARTS) is 1. The normalized spacial score (nSPS) is 10.7. The average Bonchev–Trinajstić information content (AvgIpc) is 3.02. The van der Waals surface area contributed by atoms with Crippen LogP contribution in [0.15, 0.2) is 48.7 Å². The second-order valence-corrected chi connectivity index (χ2v) is 6.18. The Morgan fingerprint density at radius 2 is 1.88 bits per heavy atom. The molecule has 2 aromatic carbocycles. The van der Waals surface area contributed by atoms with Gasteiger partial charge in [-0.15, -0.1) is 0 Å². The summed E-state index contributed by atoms with van der Waals surface area (Å²) in [6.07, 6.45) is 1.83. The molecule has 0 fully saturated rings. The van der Waals surface area contributed by atoms with Gasteiger partial charge in [0.1, 0.15) is 5.75 Å². The number of benzene rings is 2. The fraction of sp³-hybridized carbons (Fsp3) is 0.200. The molecule has 0 atom stereocenters. The van der Waals surface area contributed by atoms with Crippen LogP contribution in [0.3, 0.4) is 0 Å². The van der Waals surface area contributed by atoms with Crippen LogP contribution in [0.25, 0.3) is 10.9 Å². The highest BCUT2D eigenvalue weighted by Crippen LogP contribution is 2.25. The summed E-state index contributed by atoms with van der Waals surface area (Å²) in [7, 11) is 1.66. The number of fused-ring (bicyclic) bond motifs is 1. The number of aryl methyl sites for hydroxylation is 2. The maximum absolute atomic E-state index is 12.3. The van der Waals surface area contributed by atoms with Crippen LogP contribution < -0.4 is 9.64 Å². The van der Waals surface area contributed by atoms with Crippen molar-refractivity contribution in [3.8, 4) is 5.75 Å². The Morgan fingerprint density at radius 3 is 2.58 bits per heavy atom. The molecule has 1 aromatic heterocycles. The van der Waals surface area contributed by atoms with Crippen molar-refractivity contribution in [1.29, 1.82) is 0 Å². The summed E-state index contributed by atoms with van der Waals surface area (Å²) < 4.78 is 5.45. The third-order valence-electron chi connectivity index (χ3n) is 4.25. The van der Waals surface area contributed by atoms with Crippen molar-refractivity contribution in [2.75, 3.05) is 11.9 Å². The second-order valence-electron chi connectivity index (χ2n) is 6.18. The predicted molar refractivity (Wildman–Crippen MR) is 99.9 cm³/mol. The molecule has 26 heavy (non-hydrogen) atoms. The molecule has 3 aromatic rings. The number of ether oxygens (including phenoxy) is 1. The molecule has 0 aliphatic carbocycles. The largest absolute Gasteiger partial charge is 0.481 e. The highest BCUT2D eigenvalue weighted by Gasteiger charge is 2.14. The van der Waals surface area contributed by atoms with Gasteiger partial charge < -0.3 is 14.8 Å². The summed E-state index contributed by atoms with van der Waals surface area (Å²) in [6, 6.07) is 12.9. The lowest BCUT2D eigenvalue weighted by atomic mass is 10.1. The molecule has 0 saturated heterocycles. The quantitative estimate of drug-likeness (QED) is 0.723. The smallest absolute Gasteiger partial charge is 0.419 e. The van der Waals surface area contributed by atoms with E-state index in [4.69, 9.17) is 9.84 Å². The molecule has 0 saturated carbocycles. The van der Waals surface area contributed by atoms with Gasteiger partial charge in [-0.1, -0.05) is 17.7 Å². The van der Waals surface area contributed by atoms with Gasteiger partial charge >= 0.3 is 12.1 Å². The van der Waals surface area contributed by atoms with Gasteiger partial charge in [-0.25, -0.2) is 4.79 Å². The van der Waals surface area contributed by atoms with Gasteiger partial charge in [-0.3, -0.25) is 9.69 Å². The monoisotopic (exact) mass is 352 g/mol. The first kappa shape index (κ1) is 17.5. The summed E-state index contributed by atoms with van der Waals surface area (Å²) in [5.74, 6) is -0.405. The number of aromatic amines is 1. The number of carboxylic acids is 1. The molecular weight excluding hydrogens is 332 g/mol. The van der Waals surface area contributed by atoms with Crippen molar-refractivity contribution >= 4 is 28.7 Å². The van der Waals surface area contributed by atoms with E-state index in [-0.39, 0.29) is 6.42 Å². The van der Waals surface area contributed by atoms with Gasteiger partial charge in [-0.2, -0.15) is 0 Å². The van der Waals surface area contributed by atoms with Crippen LogP contribution in [-0.4, -0.2) is 29.2 Å². The zero-order valence-electron chi connectivity index (χ0n) is 14.7. The number of carbonyl (C=O) groups is 2. The number of nitrogens with zero attached hydrogens (tertiary/aromatic N) is 1. The third kappa shape index (κ3) is 3.85. The molecule has 0 radical (unpaired) electrons. The van der Waals surface area contributed by atoms with E-state index in [1.165, 1.54) is 4.90 Å². The van der Waals surface area contributed by atoms with E-state index < -0.39 is 12.1 Å². The summed E-state index contributed by atoms with van der Waals surface area (Å²) in [6.45, 7) is 1.98. The van der Waals surface area contributed by atoms with E-state index in [1.807, 2.05) is 37.3 Å². The molecule has 6 heteroatoms. The zero-order valence-corrected chi connectivity index (χ0v) is 14.7. The minimum Gasteiger partial charge on any atom is -0.481 e. The van der Waals surface area contributed by atoms with E-state index >= 15 is 0 Å². The highest BCUT2D eigenvalue weighted by molar-refractivity contribution is 5.90. The van der Waals surface area contributed by atoms with E-state index in [9.17, 15) is 9.59 Å². The summed E-state index contributed by atoms with van der Waals surface area (Å²) in [5, 5.41) is 9.75. The van der Waals surface area contributed by atoms with Gasteiger partial charge in [0.25, 0.3) is 0 Å². The van der Waals surface area contributed by atoms with Crippen LogP contribution in [0, 0.1) is 6.92 Å². The lowest BCUT2D eigenvalue weighted by molar-refractivity contribution is -0.136. The van der Waals surface area contributed by atoms with Crippen LogP contribution in [0.1, 0.15) is 17.5 Å². The molecule has 134 valence electrons. The number of hydrogen-bond donors (Lipinski definition) is 2. The molecular formula is C20H20N2O4. The summed E-state index contributed by atoms with van der Waals surface area (Å²) >= 11 is 0. The molecule has 0 aliphatic rings. The molecule has 0 unspecified atom stereocenters. The van der Waals surface area contributed by atoms with Crippen LogP contribution in [0.5, 0.6) is 5.75 Å². The van der Waals surface area contributed by atoms with Gasteiger partial charge in [0.05, 0.1) is 0 Å². The highest BCUT2D eigenvalue weighted by atomic mass is 16.6. The Balaban J connectivity index is 1.73. The van der Waals surface area contributed by atoms with Crippen LogP contribution in [0.4, 0.5) is 10.5 Å². The topological polar surface area (TPSA) is 82.6 Å². The Labute approximate surface area is 151 Å². The third-order valence-corrected chi connectivity index (χ3v) is 4.25. The maximum atomic E-state index is 12.3. The number of amides is 1. The van der Waals surface area contributed by atoms with E-state index in [0.29, 0.717) is 12.2 Å². The maximum Gasteiger partial charge on any atom is 0.419 e. The molecule has 2 N–H and O–H groups in total. The molecule has 3 rings (SSSR count). The number of anilines is 1. The van der Waals surface area contributed by atoms with Crippen molar-refractivity contribution in [3.63, 3.8) is 0 Å².